The third kappa shape index (κ3) is 3.89. The fourth-order valence-corrected chi connectivity index (χ4v) is 3.37. The van der Waals surface area contributed by atoms with Crippen LogP contribution >= 0.6 is 11.6 Å². The standard InChI is InChI=1S/C18H16ClFN2O3S/c1-12(2)17-11-18(22(21-17)15-5-3-4-13(19)10-15)25-26(23,24)16-8-6-14(20)7-9-16/h3-12H,1-2H3. The van der Waals surface area contributed by atoms with E-state index in [1.165, 1.54) is 4.68 Å². The first kappa shape index (κ1) is 18.4. The summed E-state index contributed by atoms with van der Waals surface area (Å²) in [6.45, 7) is 3.87. The predicted molar refractivity (Wildman–Crippen MR) is 96.9 cm³/mol. The van der Waals surface area contributed by atoms with Gasteiger partial charge in [0.05, 0.1) is 11.4 Å². The van der Waals surface area contributed by atoms with Crippen LogP contribution in [0, 0.1) is 5.82 Å². The summed E-state index contributed by atoms with van der Waals surface area (Å²) in [5.41, 5.74) is 1.22. The highest BCUT2D eigenvalue weighted by Crippen LogP contribution is 2.27. The van der Waals surface area contributed by atoms with Crippen LogP contribution < -0.4 is 4.18 Å². The van der Waals surface area contributed by atoms with Gasteiger partial charge in [0.1, 0.15) is 10.7 Å². The van der Waals surface area contributed by atoms with Crippen molar-refractivity contribution >= 4 is 21.7 Å². The Morgan fingerprint density at radius 1 is 1.12 bits per heavy atom. The lowest BCUT2D eigenvalue weighted by Crippen LogP contribution is -2.12. The fraction of sp³-hybridized carbons (Fsp3) is 0.167. The molecule has 0 bridgehead atoms. The van der Waals surface area contributed by atoms with Crippen LogP contribution in [0.25, 0.3) is 5.69 Å². The summed E-state index contributed by atoms with van der Waals surface area (Å²) < 4.78 is 44.8. The molecule has 1 aromatic heterocycles. The molecular formula is C18H16ClFN2O3S. The van der Waals surface area contributed by atoms with Crippen molar-refractivity contribution in [1.82, 2.24) is 9.78 Å². The number of hydrogen-bond donors (Lipinski definition) is 0. The zero-order chi connectivity index (χ0) is 18.9. The zero-order valence-corrected chi connectivity index (χ0v) is 15.6. The van der Waals surface area contributed by atoms with E-state index in [0.717, 1.165) is 24.3 Å². The van der Waals surface area contributed by atoms with Gasteiger partial charge in [-0.2, -0.15) is 18.2 Å². The first-order chi connectivity index (χ1) is 12.3. The van der Waals surface area contributed by atoms with Crippen molar-refractivity contribution in [3.05, 3.63) is 71.1 Å². The molecule has 0 atom stereocenters. The second kappa shape index (κ2) is 7.09. The Hall–Kier alpha value is -2.38. The van der Waals surface area contributed by atoms with Crippen LogP contribution in [0.4, 0.5) is 4.39 Å². The van der Waals surface area contributed by atoms with Crippen molar-refractivity contribution in [1.29, 1.82) is 0 Å². The van der Waals surface area contributed by atoms with E-state index >= 15 is 0 Å². The molecule has 5 nitrogen and oxygen atoms in total. The maximum absolute atomic E-state index is 13.1. The largest absolute Gasteiger partial charge is 0.358 e. The highest BCUT2D eigenvalue weighted by molar-refractivity contribution is 7.87. The van der Waals surface area contributed by atoms with Crippen LogP contribution in [0.5, 0.6) is 5.88 Å². The highest BCUT2D eigenvalue weighted by atomic mass is 35.5. The van der Waals surface area contributed by atoms with Crippen molar-refractivity contribution in [2.45, 2.75) is 24.7 Å². The van der Waals surface area contributed by atoms with E-state index in [0.29, 0.717) is 16.4 Å². The molecule has 0 aliphatic rings. The minimum atomic E-state index is -4.14. The maximum atomic E-state index is 13.1. The van der Waals surface area contributed by atoms with E-state index in [1.807, 2.05) is 13.8 Å². The van der Waals surface area contributed by atoms with E-state index in [2.05, 4.69) is 5.10 Å². The van der Waals surface area contributed by atoms with Gasteiger partial charge in [0.15, 0.2) is 0 Å². The highest BCUT2D eigenvalue weighted by Gasteiger charge is 2.22. The molecule has 0 spiro atoms. The number of halogens is 2. The van der Waals surface area contributed by atoms with Crippen LogP contribution in [-0.4, -0.2) is 18.2 Å². The molecule has 3 aromatic rings. The minimum absolute atomic E-state index is 0.0280. The molecule has 1 heterocycles. The predicted octanol–water partition coefficient (Wildman–Crippen LogP) is 4.56. The lowest BCUT2D eigenvalue weighted by atomic mass is 10.1. The monoisotopic (exact) mass is 394 g/mol. The Morgan fingerprint density at radius 3 is 2.42 bits per heavy atom. The molecule has 0 saturated heterocycles. The van der Waals surface area contributed by atoms with Crippen LogP contribution in [0.1, 0.15) is 25.5 Å². The van der Waals surface area contributed by atoms with Crippen LogP contribution in [0.2, 0.25) is 5.02 Å². The van der Waals surface area contributed by atoms with Gasteiger partial charge in [-0.15, -0.1) is 0 Å². The van der Waals surface area contributed by atoms with Gasteiger partial charge in [0.2, 0.25) is 5.88 Å². The molecule has 0 aliphatic heterocycles. The third-order valence-corrected chi connectivity index (χ3v) is 5.11. The second-order valence-corrected chi connectivity index (χ2v) is 7.93. The molecule has 0 amide bonds. The molecule has 0 unspecified atom stereocenters. The number of rotatable bonds is 5. The van der Waals surface area contributed by atoms with Crippen molar-refractivity contribution in [3.63, 3.8) is 0 Å². The summed E-state index contributed by atoms with van der Waals surface area (Å²) >= 11 is 6.02. The Bertz CT molecular complexity index is 1030. The van der Waals surface area contributed by atoms with Gasteiger partial charge in [-0.05, 0) is 48.4 Å². The topological polar surface area (TPSA) is 61.2 Å². The Labute approximate surface area is 156 Å². The van der Waals surface area contributed by atoms with Crippen molar-refractivity contribution in [2.75, 3.05) is 0 Å². The van der Waals surface area contributed by atoms with Gasteiger partial charge < -0.3 is 4.18 Å². The molecule has 0 saturated carbocycles. The van der Waals surface area contributed by atoms with E-state index in [1.54, 1.807) is 30.3 Å². The van der Waals surface area contributed by atoms with Gasteiger partial charge in [-0.1, -0.05) is 31.5 Å². The third-order valence-electron chi connectivity index (χ3n) is 3.64. The van der Waals surface area contributed by atoms with Gasteiger partial charge in [-0.3, -0.25) is 0 Å². The van der Waals surface area contributed by atoms with Crippen LogP contribution in [0.15, 0.2) is 59.5 Å². The molecule has 136 valence electrons. The minimum Gasteiger partial charge on any atom is -0.358 e. The molecule has 0 fully saturated rings. The normalized spacial score (nSPS) is 11.7. The lowest BCUT2D eigenvalue weighted by Gasteiger charge is -2.09. The average Bonchev–Trinajstić information content (AvgIpc) is 2.98. The maximum Gasteiger partial charge on any atom is 0.340 e. The second-order valence-electron chi connectivity index (χ2n) is 5.95. The lowest BCUT2D eigenvalue weighted by molar-refractivity contribution is 0.464. The quantitative estimate of drug-likeness (QED) is 0.595. The summed E-state index contributed by atoms with van der Waals surface area (Å²) in [5.74, 6) is -0.443. The number of hydrogen-bond acceptors (Lipinski definition) is 4. The number of nitrogens with zero attached hydrogens (tertiary/aromatic N) is 2. The molecule has 0 radical (unpaired) electrons. The molecule has 8 heteroatoms. The summed E-state index contributed by atoms with van der Waals surface area (Å²) in [5, 5.41) is 4.90. The Morgan fingerprint density at radius 2 is 1.81 bits per heavy atom. The van der Waals surface area contributed by atoms with Gasteiger partial charge in [-0.25, -0.2) is 4.39 Å². The Kier molecular flexibility index (Phi) is 5.02. The van der Waals surface area contributed by atoms with Crippen LogP contribution in [0.3, 0.4) is 0 Å². The average molecular weight is 395 g/mol. The number of benzene rings is 2. The van der Waals surface area contributed by atoms with Gasteiger partial charge in [0.25, 0.3) is 0 Å². The molecule has 0 N–H and O–H groups in total. The first-order valence-corrected chi connectivity index (χ1v) is 9.61. The molecule has 26 heavy (non-hydrogen) atoms. The molecule has 3 rings (SSSR count). The number of aromatic nitrogens is 2. The van der Waals surface area contributed by atoms with Crippen molar-refractivity contribution in [3.8, 4) is 11.6 Å². The summed E-state index contributed by atoms with van der Waals surface area (Å²) in [7, 11) is -4.14. The Balaban J connectivity index is 2.05. The van der Waals surface area contributed by atoms with E-state index < -0.39 is 15.9 Å². The van der Waals surface area contributed by atoms with Gasteiger partial charge >= 0.3 is 10.1 Å². The van der Waals surface area contributed by atoms with Crippen molar-refractivity contribution in [2.24, 2.45) is 0 Å². The molecule has 2 aromatic carbocycles. The molecular weight excluding hydrogens is 379 g/mol. The smallest absolute Gasteiger partial charge is 0.340 e. The van der Waals surface area contributed by atoms with E-state index in [4.69, 9.17) is 15.8 Å². The fourth-order valence-electron chi connectivity index (χ4n) is 2.28. The van der Waals surface area contributed by atoms with E-state index in [9.17, 15) is 12.8 Å². The van der Waals surface area contributed by atoms with Crippen LogP contribution in [-0.2, 0) is 10.1 Å². The summed E-state index contributed by atoms with van der Waals surface area (Å²) in [4.78, 5) is -0.149. The van der Waals surface area contributed by atoms with Crippen molar-refractivity contribution < 1.29 is 17.0 Å². The molecule has 0 aliphatic carbocycles. The zero-order valence-electron chi connectivity index (χ0n) is 14.1. The van der Waals surface area contributed by atoms with E-state index in [-0.39, 0.29) is 16.7 Å². The van der Waals surface area contributed by atoms with Gasteiger partial charge in [0, 0.05) is 11.1 Å². The first-order valence-electron chi connectivity index (χ1n) is 7.82. The summed E-state index contributed by atoms with van der Waals surface area (Å²) in [6, 6.07) is 12.8. The summed E-state index contributed by atoms with van der Waals surface area (Å²) in [6.07, 6.45) is 0. The SMILES string of the molecule is CC(C)c1cc(OS(=O)(=O)c2ccc(F)cc2)n(-c2cccc(Cl)c2)n1.